The van der Waals surface area contributed by atoms with E-state index in [9.17, 15) is 18.4 Å². The van der Waals surface area contributed by atoms with Crippen molar-refractivity contribution in [1.82, 2.24) is 19.7 Å². The highest BCUT2D eigenvalue weighted by molar-refractivity contribution is 5.89. The van der Waals surface area contributed by atoms with Gasteiger partial charge >= 0.3 is 0 Å². The zero-order valence-electron chi connectivity index (χ0n) is 17.8. The van der Waals surface area contributed by atoms with Crippen molar-refractivity contribution in [3.05, 3.63) is 30.1 Å². The van der Waals surface area contributed by atoms with E-state index in [1.165, 1.54) is 4.90 Å². The molecule has 4 aliphatic heterocycles. The second-order valence-corrected chi connectivity index (χ2v) is 9.74. The summed E-state index contributed by atoms with van der Waals surface area (Å²) in [4.78, 5) is 36.2. The molecule has 0 N–H and O–H groups in total. The first-order valence-corrected chi connectivity index (χ1v) is 11.5. The number of likely N-dealkylation sites (tertiary alicyclic amines) is 2. The molecule has 4 fully saturated rings. The topological polar surface area (TPSA) is 56.8 Å². The van der Waals surface area contributed by atoms with E-state index in [1.54, 1.807) is 6.20 Å². The molecular weight excluding hydrogens is 402 g/mol. The Labute approximate surface area is 181 Å². The number of alkyl halides is 2. The van der Waals surface area contributed by atoms with Gasteiger partial charge in [-0.05, 0) is 43.2 Å². The Kier molecular flexibility index (Phi) is 5.44. The lowest BCUT2D eigenvalue weighted by Gasteiger charge is -2.56. The van der Waals surface area contributed by atoms with Gasteiger partial charge in [-0.25, -0.2) is 8.78 Å². The van der Waals surface area contributed by atoms with E-state index in [4.69, 9.17) is 0 Å². The molecule has 4 aliphatic rings. The van der Waals surface area contributed by atoms with Crippen molar-refractivity contribution >= 4 is 11.8 Å². The fraction of sp³-hybridized carbons (Fsp3) is 0.696. The average molecular weight is 433 g/mol. The highest BCUT2D eigenvalue weighted by Crippen LogP contribution is 2.43. The van der Waals surface area contributed by atoms with Crippen LogP contribution >= 0.6 is 0 Å². The molecule has 4 atom stereocenters. The smallest absolute Gasteiger partial charge is 0.265 e. The first-order chi connectivity index (χ1) is 14.9. The Balaban J connectivity index is 1.41. The summed E-state index contributed by atoms with van der Waals surface area (Å²) in [5, 5.41) is 0. The predicted octanol–water partition coefficient (Wildman–Crippen LogP) is 2.54. The summed E-state index contributed by atoms with van der Waals surface area (Å²) in [6.07, 6.45) is 6.83. The summed E-state index contributed by atoms with van der Waals surface area (Å²) >= 11 is 0. The number of amides is 2. The van der Waals surface area contributed by atoms with Crippen LogP contribution < -0.4 is 0 Å². The summed E-state index contributed by atoms with van der Waals surface area (Å²) in [6, 6.07) is 3.39. The molecule has 5 heterocycles. The molecule has 5 rings (SSSR count). The number of halogens is 2. The van der Waals surface area contributed by atoms with Gasteiger partial charge in [-0.1, -0.05) is 6.07 Å². The van der Waals surface area contributed by atoms with Gasteiger partial charge < -0.3 is 9.80 Å². The van der Waals surface area contributed by atoms with Crippen molar-refractivity contribution in [1.29, 1.82) is 0 Å². The normalized spacial score (nSPS) is 33.2. The number of piperidine rings is 4. The third-order valence-electron chi connectivity index (χ3n) is 7.50. The molecule has 0 aromatic carbocycles. The summed E-state index contributed by atoms with van der Waals surface area (Å²) < 4.78 is 28.1. The van der Waals surface area contributed by atoms with Crippen LogP contribution in [-0.2, 0) is 16.1 Å². The van der Waals surface area contributed by atoms with Crippen LogP contribution in [0.3, 0.4) is 0 Å². The van der Waals surface area contributed by atoms with Crippen molar-refractivity contribution in [2.75, 3.05) is 26.2 Å². The molecule has 0 spiro atoms. The third-order valence-corrected chi connectivity index (χ3v) is 7.50. The first kappa shape index (κ1) is 20.8. The summed E-state index contributed by atoms with van der Waals surface area (Å²) in [7, 11) is 0. The van der Waals surface area contributed by atoms with Crippen molar-refractivity contribution in [3.8, 4) is 0 Å². The molecule has 168 valence electrons. The molecule has 1 aromatic rings. The quantitative estimate of drug-likeness (QED) is 0.737. The molecule has 0 saturated carbocycles. The van der Waals surface area contributed by atoms with E-state index in [1.807, 2.05) is 23.2 Å². The Bertz CT molecular complexity index is 836. The van der Waals surface area contributed by atoms with Crippen molar-refractivity contribution in [3.63, 3.8) is 0 Å². The van der Waals surface area contributed by atoms with Crippen LogP contribution in [0.15, 0.2) is 24.5 Å². The Morgan fingerprint density at radius 1 is 1.23 bits per heavy atom. The van der Waals surface area contributed by atoms with Gasteiger partial charge in [0.15, 0.2) is 0 Å². The van der Waals surface area contributed by atoms with Crippen LogP contribution in [0.1, 0.15) is 44.1 Å². The van der Waals surface area contributed by atoms with Gasteiger partial charge in [0.1, 0.15) is 6.04 Å². The van der Waals surface area contributed by atoms with Gasteiger partial charge in [-0.15, -0.1) is 0 Å². The van der Waals surface area contributed by atoms with Crippen LogP contribution in [0.25, 0.3) is 0 Å². The molecular formula is C23H30F2N4O2. The second kappa shape index (κ2) is 8.11. The molecule has 0 radical (unpaired) electrons. The standard InChI is InChI=1S/C23H30F2N4O2/c24-23(25)7-3-9-28(15-23)22(31)21-18-10-17(19-5-1-6-20(30)29(19)21)13-27(14-18)12-16-4-2-8-26-11-16/h2,4,8,11,17-19,21H,1,3,5-7,9-10,12-15H2/t17-,18+,19-,21+/m0/s1. The van der Waals surface area contributed by atoms with E-state index in [-0.39, 0.29) is 30.2 Å². The highest BCUT2D eigenvalue weighted by Gasteiger charge is 2.53. The van der Waals surface area contributed by atoms with Crippen LogP contribution in [0.5, 0.6) is 0 Å². The number of hydrogen-bond donors (Lipinski definition) is 0. The third kappa shape index (κ3) is 4.06. The lowest BCUT2D eigenvalue weighted by atomic mass is 9.71. The Morgan fingerprint density at radius 2 is 2.06 bits per heavy atom. The van der Waals surface area contributed by atoms with Crippen molar-refractivity contribution in [2.24, 2.45) is 11.8 Å². The molecule has 2 bridgehead atoms. The number of pyridine rings is 1. The van der Waals surface area contributed by atoms with Crippen molar-refractivity contribution < 1.29 is 18.4 Å². The maximum absolute atomic E-state index is 14.1. The number of carbonyl (C=O) groups excluding carboxylic acids is 2. The van der Waals surface area contributed by atoms with Gasteiger partial charge in [-0.3, -0.25) is 19.5 Å². The van der Waals surface area contributed by atoms with Gasteiger partial charge in [0.05, 0.1) is 6.54 Å². The van der Waals surface area contributed by atoms with Crippen LogP contribution in [-0.4, -0.2) is 75.7 Å². The number of hydrogen-bond acceptors (Lipinski definition) is 4. The lowest BCUT2D eigenvalue weighted by Crippen LogP contribution is -2.69. The monoisotopic (exact) mass is 432 g/mol. The molecule has 0 unspecified atom stereocenters. The molecule has 1 aromatic heterocycles. The SMILES string of the molecule is O=C([C@H]1[C@@H]2C[C@@H](CN(Cc3cccnc3)C2)[C@@H]2CCCC(=O)N21)N1CCCC(F)(F)C1. The van der Waals surface area contributed by atoms with Gasteiger partial charge in [0.25, 0.3) is 5.92 Å². The molecule has 8 heteroatoms. The van der Waals surface area contributed by atoms with E-state index in [2.05, 4.69) is 9.88 Å². The van der Waals surface area contributed by atoms with Gasteiger partial charge in [0.2, 0.25) is 11.8 Å². The summed E-state index contributed by atoms with van der Waals surface area (Å²) in [6.45, 7) is 2.17. The minimum Gasteiger partial charge on any atom is -0.335 e. The van der Waals surface area contributed by atoms with E-state index >= 15 is 0 Å². The van der Waals surface area contributed by atoms with Crippen LogP contribution in [0.4, 0.5) is 8.78 Å². The van der Waals surface area contributed by atoms with Gasteiger partial charge in [-0.2, -0.15) is 0 Å². The maximum atomic E-state index is 14.1. The molecule has 2 amide bonds. The van der Waals surface area contributed by atoms with Gasteiger partial charge in [0, 0.05) is 63.4 Å². The van der Waals surface area contributed by atoms with Crippen molar-refractivity contribution in [2.45, 2.75) is 63.1 Å². The Morgan fingerprint density at radius 3 is 2.84 bits per heavy atom. The molecule has 6 nitrogen and oxygen atoms in total. The molecule has 0 aliphatic carbocycles. The largest absolute Gasteiger partial charge is 0.335 e. The second-order valence-electron chi connectivity index (χ2n) is 9.74. The minimum atomic E-state index is -2.84. The van der Waals surface area contributed by atoms with E-state index < -0.39 is 18.5 Å². The van der Waals surface area contributed by atoms with E-state index in [0.29, 0.717) is 31.8 Å². The first-order valence-electron chi connectivity index (χ1n) is 11.5. The molecule has 31 heavy (non-hydrogen) atoms. The van der Waals surface area contributed by atoms with Crippen LogP contribution in [0.2, 0.25) is 0 Å². The number of carbonyl (C=O) groups is 2. The zero-order chi connectivity index (χ0) is 21.6. The number of aromatic nitrogens is 1. The van der Waals surface area contributed by atoms with E-state index in [0.717, 1.165) is 37.9 Å². The predicted molar refractivity (Wildman–Crippen MR) is 110 cm³/mol. The van der Waals surface area contributed by atoms with Crippen LogP contribution in [0, 0.1) is 11.8 Å². The number of fused-ring (bicyclic) bond motifs is 4. The number of rotatable bonds is 3. The Hall–Kier alpha value is -2.09. The fourth-order valence-electron chi connectivity index (χ4n) is 6.29. The number of nitrogens with zero attached hydrogens (tertiary/aromatic N) is 4. The zero-order valence-corrected chi connectivity index (χ0v) is 17.8. The summed E-state index contributed by atoms with van der Waals surface area (Å²) in [5.41, 5.74) is 1.12. The lowest BCUT2D eigenvalue weighted by molar-refractivity contribution is -0.169. The highest BCUT2D eigenvalue weighted by atomic mass is 19.3. The maximum Gasteiger partial charge on any atom is 0.265 e. The average Bonchev–Trinajstić information content (AvgIpc) is 2.74. The molecule has 4 saturated heterocycles. The fourth-order valence-corrected chi connectivity index (χ4v) is 6.29. The minimum absolute atomic E-state index is 0.0169. The summed E-state index contributed by atoms with van der Waals surface area (Å²) in [5.74, 6) is -2.78.